The fraction of sp³-hybridized carbons (Fsp3) is 0.500. The number of benzene rings is 2. The van der Waals surface area contributed by atoms with Gasteiger partial charge < -0.3 is 25.5 Å². The Morgan fingerprint density at radius 3 is 2.37 bits per heavy atom. The zero-order chi connectivity index (χ0) is 26.2. The Morgan fingerprint density at radius 2 is 1.74 bits per heavy atom. The molecule has 2 saturated heterocycles. The van der Waals surface area contributed by atoms with E-state index in [1.54, 1.807) is 19.9 Å². The first-order valence-corrected chi connectivity index (χ1v) is 12.0. The van der Waals surface area contributed by atoms with Gasteiger partial charge in [0.2, 0.25) is 0 Å². The summed E-state index contributed by atoms with van der Waals surface area (Å²) in [5.41, 5.74) is -0.958. The van der Waals surface area contributed by atoms with Crippen molar-refractivity contribution in [2.75, 3.05) is 51.6 Å². The number of aryl methyl sites for hydroxylation is 1. The zero-order valence-corrected chi connectivity index (χ0v) is 21.2. The van der Waals surface area contributed by atoms with Crippen LogP contribution in [0.5, 0.6) is 0 Å². The van der Waals surface area contributed by atoms with Crippen molar-refractivity contribution in [2.24, 2.45) is 0 Å². The van der Waals surface area contributed by atoms with Crippen LogP contribution in [0.3, 0.4) is 0 Å². The van der Waals surface area contributed by atoms with Crippen molar-refractivity contribution in [1.82, 2.24) is 15.1 Å². The minimum Gasteiger partial charge on any atom is -0.386 e. The number of amides is 1. The molecule has 9 heteroatoms. The molecule has 0 spiro atoms. The maximum atomic E-state index is 14.3. The van der Waals surface area contributed by atoms with Crippen molar-refractivity contribution in [3.05, 3.63) is 58.9 Å². The van der Waals surface area contributed by atoms with E-state index in [2.05, 4.69) is 22.6 Å². The van der Waals surface area contributed by atoms with Crippen LogP contribution in [-0.4, -0.2) is 72.7 Å². The summed E-state index contributed by atoms with van der Waals surface area (Å²) in [6.45, 7) is 12.3. The van der Waals surface area contributed by atoms with Gasteiger partial charge in [-0.25, -0.2) is 13.2 Å². The quantitative estimate of drug-likeness (QED) is 0.594. The number of rotatable bonds is 3. The highest BCUT2D eigenvalue weighted by Gasteiger charge is 2.40. The Bertz CT molecular complexity index is 985. The van der Waals surface area contributed by atoms with Crippen molar-refractivity contribution in [3.63, 3.8) is 0 Å². The van der Waals surface area contributed by atoms with Crippen LogP contribution in [-0.2, 0) is 0 Å². The molecule has 194 valence electrons. The Kier molecular flexibility index (Phi) is 10.5. The van der Waals surface area contributed by atoms with Gasteiger partial charge in [-0.2, -0.15) is 0 Å². The predicted molar refractivity (Wildman–Crippen MR) is 134 cm³/mol. The van der Waals surface area contributed by atoms with Crippen molar-refractivity contribution in [2.45, 2.75) is 39.7 Å². The fourth-order valence-corrected chi connectivity index (χ4v) is 3.78. The summed E-state index contributed by atoms with van der Waals surface area (Å²) in [5.74, 6) is -3.63. The minimum atomic E-state index is -1.27. The monoisotopic (exact) mass is 494 g/mol. The molecule has 0 unspecified atom stereocenters. The molecule has 35 heavy (non-hydrogen) atoms. The first-order valence-electron chi connectivity index (χ1n) is 12.0. The van der Waals surface area contributed by atoms with Gasteiger partial charge in [0.1, 0.15) is 5.82 Å². The lowest BCUT2D eigenvalue weighted by Gasteiger charge is -2.44. The van der Waals surface area contributed by atoms with Gasteiger partial charge in [0.05, 0.1) is 35.6 Å². The topological polar surface area (TPSA) is 67.8 Å². The first kappa shape index (κ1) is 28.6. The molecular formula is C26H37F3N4O2. The van der Waals surface area contributed by atoms with E-state index in [9.17, 15) is 23.1 Å². The van der Waals surface area contributed by atoms with E-state index < -0.39 is 34.6 Å². The molecule has 0 aromatic heterocycles. The van der Waals surface area contributed by atoms with E-state index in [4.69, 9.17) is 0 Å². The molecule has 2 aromatic carbocycles. The molecule has 1 amide bonds. The Balaban J connectivity index is 0.000000363. The highest BCUT2D eigenvalue weighted by atomic mass is 19.2. The molecule has 2 heterocycles. The summed E-state index contributed by atoms with van der Waals surface area (Å²) >= 11 is 0. The predicted octanol–water partition coefficient (Wildman–Crippen LogP) is 4.30. The molecule has 3 N–H and O–H groups in total. The molecular weight excluding hydrogens is 457 g/mol. The number of nitrogens with zero attached hydrogens (tertiary/aromatic N) is 2. The number of likely N-dealkylation sites (tertiary alicyclic amines) is 1. The summed E-state index contributed by atoms with van der Waals surface area (Å²) in [4.78, 5) is 16.2. The first-order chi connectivity index (χ1) is 16.6. The molecule has 6 nitrogen and oxygen atoms in total. The van der Waals surface area contributed by atoms with E-state index in [1.165, 1.54) is 43.1 Å². The molecule has 2 aliphatic heterocycles. The van der Waals surface area contributed by atoms with Gasteiger partial charge in [-0.05, 0) is 70.2 Å². The van der Waals surface area contributed by atoms with Crippen LogP contribution in [0.15, 0.2) is 30.3 Å². The summed E-state index contributed by atoms with van der Waals surface area (Å²) < 4.78 is 41.9. The van der Waals surface area contributed by atoms with Crippen LogP contribution < -0.4 is 10.6 Å². The number of halogens is 3. The Morgan fingerprint density at radius 1 is 1.06 bits per heavy atom. The summed E-state index contributed by atoms with van der Waals surface area (Å²) in [6.07, 6.45) is 1.30. The smallest absolute Gasteiger partial charge is 0.256 e. The number of β-amino-alcohol motifs (C(OH)–C–C–N with tert-alkyl or cyclic N) is 1. The molecule has 2 fully saturated rings. The van der Waals surface area contributed by atoms with Gasteiger partial charge in [0, 0.05) is 13.1 Å². The van der Waals surface area contributed by atoms with Gasteiger partial charge in [-0.15, -0.1) is 0 Å². The molecule has 0 aliphatic carbocycles. The Hall–Kier alpha value is -2.62. The number of aliphatic hydroxyl groups is 1. The van der Waals surface area contributed by atoms with Gasteiger partial charge >= 0.3 is 0 Å². The van der Waals surface area contributed by atoms with Crippen molar-refractivity contribution in [3.8, 4) is 0 Å². The standard InChI is InChI=1S/C18H17F3N2O2.C6H14N2.C2H6/c1-10-3-6-14(13(20)7-10)22-16-11(4-5-12(19)15(16)21)17(24)23-8-18(2,25)9-23;1-8-5-2-3-7-4-6-8;1-2/h3-7,22,25H,8-9H2,1-2H3;7H,2-6H2,1H3;1-2H3. The number of nitrogens with one attached hydrogen (secondary N) is 2. The molecule has 0 atom stereocenters. The number of likely N-dealkylation sites (N-methyl/N-ethyl adjacent to an activating group) is 1. The fourth-order valence-electron chi connectivity index (χ4n) is 3.78. The van der Waals surface area contributed by atoms with Crippen LogP contribution in [0.1, 0.15) is 43.1 Å². The largest absolute Gasteiger partial charge is 0.386 e. The van der Waals surface area contributed by atoms with Crippen molar-refractivity contribution >= 4 is 17.3 Å². The third-order valence-corrected chi connectivity index (χ3v) is 5.62. The van der Waals surface area contributed by atoms with E-state index in [-0.39, 0.29) is 24.3 Å². The normalized spacial score (nSPS) is 17.1. The third-order valence-electron chi connectivity index (χ3n) is 5.62. The summed E-state index contributed by atoms with van der Waals surface area (Å²) in [5, 5.41) is 15.6. The van der Waals surface area contributed by atoms with Crippen molar-refractivity contribution < 1.29 is 23.1 Å². The lowest BCUT2D eigenvalue weighted by molar-refractivity contribution is -0.0668. The van der Waals surface area contributed by atoms with E-state index in [0.717, 1.165) is 18.7 Å². The van der Waals surface area contributed by atoms with E-state index >= 15 is 0 Å². The molecule has 4 rings (SSSR count). The van der Waals surface area contributed by atoms with Gasteiger partial charge in [-0.3, -0.25) is 4.79 Å². The molecule has 0 radical (unpaired) electrons. The lowest BCUT2D eigenvalue weighted by Crippen LogP contribution is -2.61. The van der Waals surface area contributed by atoms with Gasteiger partial charge in [0.15, 0.2) is 11.6 Å². The minimum absolute atomic E-state index is 0.0697. The maximum Gasteiger partial charge on any atom is 0.256 e. The maximum absolute atomic E-state index is 14.3. The van der Waals surface area contributed by atoms with E-state index in [0.29, 0.717) is 5.56 Å². The number of anilines is 2. The highest BCUT2D eigenvalue weighted by molar-refractivity contribution is 6.01. The zero-order valence-electron chi connectivity index (χ0n) is 21.2. The second kappa shape index (κ2) is 12.9. The van der Waals surface area contributed by atoms with Crippen LogP contribution >= 0.6 is 0 Å². The number of carbonyl (C=O) groups is 1. The third kappa shape index (κ3) is 7.95. The second-order valence-corrected chi connectivity index (χ2v) is 8.96. The van der Waals surface area contributed by atoms with Gasteiger partial charge in [-0.1, -0.05) is 19.9 Å². The second-order valence-electron chi connectivity index (χ2n) is 8.96. The van der Waals surface area contributed by atoms with Crippen molar-refractivity contribution in [1.29, 1.82) is 0 Å². The number of hydrogen-bond donors (Lipinski definition) is 3. The van der Waals surface area contributed by atoms with Crippen LogP contribution in [0.25, 0.3) is 0 Å². The molecule has 2 aromatic rings. The molecule has 2 aliphatic rings. The summed E-state index contributed by atoms with van der Waals surface area (Å²) in [7, 11) is 2.17. The summed E-state index contributed by atoms with van der Waals surface area (Å²) in [6, 6.07) is 6.22. The molecule has 0 bridgehead atoms. The van der Waals surface area contributed by atoms with Crippen LogP contribution in [0.4, 0.5) is 24.5 Å². The number of carbonyl (C=O) groups excluding carboxylic acids is 1. The SMILES string of the molecule is CC.CN1CCCNCC1.Cc1ccc(Nc2c(C(=O)N3CC(C)(O)C3)ccc(F)c2F)c(F)c1. The average molecular weight is 495 g/mol. The van der Waals surface area contributed by atoms with E-state index in [1.807, 2.05) is 13.8 Å². The lowest BCUT2D eigenvalue weighted by atomic mass is 9.95. The Labute approximate surface area is 206 Å². The average Bonchev–Trinajstić information content (AvgIpc) is 3.05. The van der Waals surface area contributed by atoms with Crippen LogP contribution in [0, 0.1) is 24.4 Å². The number of hydrogen-bond acceptors (Lipinski definition) is 5. The highest BCUT2D eigenvalue weighted by Crippen LogP contribution is 2.31. The molecule has 0 saturated carbocycles. The van der Waals surface area contributed by atoms with Crippen LogP contribution in [0.2, 0.25) is 0 Å². The van der Waals surface area contributed by atoms with Gasteiger partial charge in [0.25, 0.3) is 5.91 Å².